The molecule has 0 aromatic heterocycles. The first-order valence-corrected chi connectivity index (χ1v) is 7.88. The van der Waals surface area contributed by atoms with E-state index in [-0.39, 0.29) is 12.2 Å². The fourth-order valence-corrected chi connectivity index (χ4v) is 2.45. The van der Waals surface area contributed by atoms with Crippen LogP contribution in [0.15, 0.2) is 53.7 Å². The molecule has 6 nitrogen and oxygen atoms in total. The molecule has 1 N–H and O–H groups in total. The number of alkyl halides is 3. The van der Waals surface area contributed by atoms with Crippen LogP contribution < -0.4 is 14.8 Å². The average molecular weight is 380 g/mol. The molecule has 0 unspecified atom stereocenters. The topological polar surface area (TPSA) is 69.2 Å². The monoisotopic (exact) mass is 380 g/mol. The van der Waals surface area contributed by atoms with Crippen molar-refractivity contribution in [2.45, 2.75) is 18.9 Å². The molecule has 0 saturated heterocycles. The fourth-order valence-electron chi connectivity index (χ4n) is 2.45. The van der Waals surface area contributed by atoms with Crippen molar-refractivity contribution in [1.82, 2.24) is 0 Å². The highest BCUT2D eigenvalue weighted by Gasteiger charge is 2.31. The van der Waals surface area contributed by atoms with Gasteiger partial charge in [0.05, 0.1) is 12.8 Å². The summed E-state index contributed by atoms with van der Waals surface area (Å²) in [6.07, 6.45) is -5.35. The standard InChI is InChI=1S/C18H15F3N2O4/c1-25-14-4-2-3-11(9-14)15-10-16(27-23-15)17(24)22-12-5-7-13(8-6-12)26-18(19,20)21/h2-9,16H,10H2,1H3,(H,22,24)/t16-/m0/s1. The Kier molecular flexibility index (Phi) is 5.20. The van der Waals surface area contributed by atoms with Gasteiger partial charge in [0.2, 0.25) is 6.10 Å². The van der Waals surface area contributed by atoms with Gasteiger partial charge in [0.1, 0.15) is 11.5 Å². The molecule has 27 heavy (non-hydrogen) atoms. The first-order chi connectivity index (χ1) is 12.8. The predicted octanol–water partition coefficient (Wildman–Crippen LogP) is 3.73. The molecular weight excluding hydrogens is 365 g/mol. The summed E-state index contributed by atoms with van der Waals surface area (Å²) in [6, 6.07) is 12.0. The van der Waals surface area contributed by atoms with Gasteiger partial charge in [-0.15, -0.1) is 13.2 Å². The van der Waals surface area contributed by atoms with Crippen LogP contribution in [-0.4, -0.2) is 31.2 Å². The number of carbonyl (C=O) groups excluding carboxylic acids is 1. The van der Waals surface area contributed by atoms with E-state index in [1.54, 1.807) is 25.3 Å². The number of benzene rings is 2. The molecule has 2 aromatic carbocycles. The number of anilines is 1. The maximum atomic E-state index is 12.3. The van der Waals surface area contributed by atoms with Crippen LogP contribution in [0.5, 0.6) is 11.5 Å². The maximum absolute atomic E-state index is 12.3. The largest absolute Gasteiger partial charge is 0.573 e. The number of rotatable bonds is 5. The van der Waals surface area contributed by atoms with Gasteiger partial charge in [0.25, 0.3) is 5.91 Å². The third kappa shape index (κ3) is 4.90. The summed E-state index contributed by atoms with van der Waals surface area (Å²) >= 11 is 0. The Morgan fingerprint density at radius 1 is 1.19 bits per heavy atom. The summed E-state index contributed by atoms with van der Waals surface area (Å²) in [7, 11) is 1.55. The molecule has 9 heteroatoms. The van der Waals surface area contributed by atoms with E-state index < -0.39 is 18.4 Å². The number of methoxy groups -OCH3 is 1. The van der Waals surface area contributed by atoms with Gasteiger partial charge in [-0.2, -0.15) is 0 Å². The Morgan fingerprint density at radius 3 is 2.59 bits per heavy atom. The summed E-state index contributed by atoms with van der Waals surface area (Å²) in [6.45, 7) is 0. The quantitative estimate of drug-likeness (QED) is 0.858. The van der Waals surface area contributed by atoms with E-state index in [1.807, 2.05) is 6.07 Å². The van der Waals surface area contributed by atoms with Crippen LogP contribution in [0.2, 0.25) is 0 Å². The van der Waals surface area contributed by atoms with Gasteiger partial charge in [0, 0.05) is 17.7 Å². The van der Waals surface area contributed by atoms with Gasteiger partial charge in [-0.25, -0.2) is 0 Å². The second-order valence-electron chi connectivity index (χ2n) is 5.63. The van der Waals surface area contributed by atoms with Crippen molar-refractivity contribution in [3.05, 3.63) is 54.1 Å². The van der Waals surface area contributed by atoms with Gasteiger partial charge in [-0.05, 0) is 36.4 Å². The van der Waals surface area contributed by atoms with Crippen LogP contribution in [0.4, 0.5) is 18.9 Å². The number of nitrogens with one attached hydrogen (secondary N) is 1. The van der Waals surface area contributed by atoms with E-state index in [0.717, 1.165) is 17.7 Å². The van der Waals surface area contributed by atoms with Gasteiger partial charge >= 0.3 is 6.36 Å². The predicted molar refractivity (Wildman–Crippen MR) is 90.8 cm³/mol. The lowest BCUT2D eigenvalue weighted by atomic mass is 10.0. The van der Waals surface area contributed by atoms with Gasteiger partial charge in [-0.1, -0.05) is 17.3 Å². The summed E-state index contributed by atoms with van der Waals surface area (Å²) in [5.41, 5.74) is 1.69. The van der Waals surface area contributed by atoms with E-state index >= 15 is 0 Å². The molecule has 1 heterocycles. The minimum absolute atomic E-state index is 0.258. The van der Waals surface area contributed by atoms with Crippen LogP contribution >= 0.6 is 0 Å². The number of ether oxygens (including phenoxy) is 2. The van der Waals surface area contributed by atoms with Crippen LogP contribution in [0.1, 0.15) is 12.0 Å². The van der Waals surface area contributed by atoms with Crippen molar-refractivity contribution in [3.63, 3.8) is 0 Å². The van der Waals surface area contributed by atoms with Crippen molar-refractivity contribution in [2.24, 2.45) is 5.16 Å². The maximum Gasteiger partial charge on any atom is 0.573 e. The third-order valence-corrected chi connectivity index (χ3v) is 3.72. The second-order valence-corrected chi connectivity index (χ2v) is 5.63. The van der Waals surface area contributed by atoms with Crippen molar-refractivity contribution in [2.75, 3.05) is 12.4 Å². The lowest BCUT2D eigenvalue weighted by molar-refractivity contribution is -0.274. The Morgan fingerprint density at radius 2 is 1.93 bits per heavy atom. The normalized spacial score (nSPS) is 16.3. The van der Waals surface area contributed by atoms with Crippen molar-refractivity contribution >= 4 is 17.3 Å². The van der Waals surface area contributed by atoms with E-state index in [2.05, 4.69) is 15.2 Å². The molecule has 3 rings (SSSR count). The fraction of sp³-hybridized carbons (Fsp3) is 0.222. The number of hydrogen-bond donors (Lipinski definition) is 1. The Bertz CT molecular complexity index is 850. The molecule has 0 radical (unpaired) electrons. The zero-order chi connectivity index (χ0) is 19.4. The molecule has 1 amide bonds. The minimum atomic E-state index is -4.77. The zero-order valence-electron chi connectivity index (χ0n) is 14.1. The summed E-state index contributed by atoms with van der Waals surface area (Å²) in [5.74, 6) is -0.174. The first kappa shape index (κ1) is 18.6. The van der Waals surface area contributed by atoms with Crippen molar-refractivity contribution in [1.29, 1.82) is 0 Å². The average Bonchev–Trinajstić information content (AvgIpc) is 3.12. The number of oxime groups is 1. The molecule has 0 saturated carbocycles. The molecule has 1 aliphatic rings. The molecule has 1 aliphatic heterocycles. The second kappa shape index (κ2) is 7.56. The van der Waals surface area contributed by atoms with E-state index in [4.69, 9.17) is 9.57 Å². The van der Waals surface area contributed by atoms with E-state index in [1.165, 1.54) is 12.1 Å². The SMILES string of the molecule is COc1cccc(C2=NO[C@H](C(=O)Nc3ccc(OC(F)(F)F)cc3)C2)c1. The van der Waals surface area contributed by atoms with E-state index in [9.17, 15) is 18.0 Å². The molecule has 1 atom stereocenters. The number of halogens is 3. The number of carbonyl (C=O) groups is 1. The zero-order valence-corrected chi connectivity index (χ0v) is 14.1. The summed E-state index contributed by atoms with van der Waals surface area (Å²) in [5, 5.41) is 6.50. The van der Waals surface area contributed by atoms with Crippen molar-refractivity contribution < 1.29 is 32.3 Å². The number of amides is 1. The van der Waals surface area contributed by atoms with Crippen molar-refractivity contribution in [3.8, 4) is 11.5 Å². The van der Waals surface area contributed by atoms with Crippen LogP contribution in [0.25, 0.3) is 0 Å². The first-order valence-electron chi connectivity index (χ1n) is 7.88. The van der Waals surface area contributed by atoms with Gasteiger partial charge in [0.15, 0.2) is 0 Å². The molecule has 0 spiro atoms. The smallest absolute Gasteiger partial charge is 0.497 e. The molecule has 142 valence electrons. The molecule has 0 aliphatic carbocycles. The Balaban J connectivity index is 1.58. The lowest BCUT2D eigenvalue weighted by Crippen LogP contribution is -2.28. The van der Waals surface area contributed by atoms with Crippen LogP contribution in [0, 0.1) is 0 Å². The van der Waals surface area contributed by atoms with Crippen LogP contribution in [0.3, 0.4) is 0 Å². The molecule has 2 aromatic rings. The number of nitrogens with zero attached hydrogens (tertiary/aromatic N) is 1. The lowest BCUT2D eigenvalue weighted by Gasteiger charge is -2.11. The highest BCUT2D eigenvalue weighted by molar-refractivity contribution is 6.06. The molecule has 0 fully saturated rings. The summed E-state index contributed by atoms with van der Waals surface area (Å²) < 4.78 is 45.4. The van der Waals surface area contributed by atoms with Gasteiger partial charge in [-0.3, -0.25) is 4.79 Å². The number of hydrogen-bond acceptors (Lipinski definition) is 5. The van der Waals surface area contributed by atoms with Gasteiger partial charge < -0.3 is 19.6 Å². The molecular formula is C18H15F3N2O4. The highest BCUT2D eigenvalue weighted by Crippen LogP contribution is 2.25. The molecule has 0 bridgehead atoms. The third-order valence-electron chi connectivity index (χ3n) is 3.72. The Labute approximate surface area is 152 Å². The van der Waals surface area contributed by atoms with Crippen LogP contribution in [-0.2, 0) is 9.63 Å². The summed E-state index contributed by atoms with van der Waals surface area (Å²) in [4.78, 5) is 17.5. The Hall–Kier alpha value is -3.23. The van der Waals surface area contributed by atoms with E-state index in [0.29, 0.717) is 17.1 Å². The minimum Gasteiger partial charge on any atom is -0.497 e. The highest BCUT2D eigenvalue weighted by atomic mass is 19.4.